The van der Waals surface area contributed by atoms with Crippen LogP contribution in [0.3, 0.4) is 0 Å². The molecule has 0 saturated heterocycles. The van der Waals surface area contributed by atoms with Gasteiger partial charge in [0, 0.05) is 0 Å². The first kappa shape index (κ1) is 18.2. The van der Waals surface area contributed by atoms with E-state index in [1.807, 2.05) is 13.8 Å². The molecule has 0 aliphatic carbocycles. The van der Waals surface area contributed by atoms with Crippen molar-refractivity contribution in [2.24, 2.45) is 0 Å². The van der Waals surface area contributed by atoms with E-state index in [0.717, 1.165) is 0 Å². The number of carbonyl (C=O) groups is 3. The lowest BCUT2D eigenvalue weighted by Gasteiger charge is -2.03. The lowest BCUT2D eigenvalue weighted by atomic mass is 10.5. The molecule has 0 aromatic rings. The minimum absolute atomic E-state index is 0.214. The third-order valence-corrected chi connectivity index (χ3v) is 1.03. The largest absolute Gasteiger partial charge is 0.549 e. The number of hydrogen-bond donors (Lipinski definition) is 2. The summed E-state index contributed by atoms with van der Waals surface area (Å²) in [5, 5.41) is 13.9. The zero-order valence-corrected chi connectivity index (χ0v) is 10.1. The Morgan fingerprint density at radius 1 is 0.833 bits per heavy atom. The van der Waals surface area contributed by atoms with Crippen molar-refractivity contribution < 1.29 is 43.8 Å². The first-order chi connectivity index (χ1) is 8.43. The Kier molecular flexibility index (Phi) is 13.0. The molecular weight excluding hydrogens is 252 g/mol. The molecule has 0 saturated carbocycles. The normalized spacial score (nSPS) is 8.33. The van der Waals surface area contributed by atoms with Gasteiger partial charge in [-0.3, -0.25) is 0 Å². The number of rotatable bonds is 4. The van der Waals surface area contributed by atoms with Crippen LogP contribution in [-0.4, -0.2) is 41.9 Å². The van der Waals surface area contributed by atoms with Crippen molar-refractivity contribution in [3.8, 4) is 0 Å². The maximum Gasteiger partial charge on any atom is 0.549 e. The van der Waals surface area contributed by atoms with E-state index in [2.05, 4.69) is 19.2 Å². The van der Waals surface area contributed by atoms with E-state index in [1.54, 1.807) is 0 Å². The molecular formula is C9H16O9. The number of hydrogen-bond acceptors (Lipinski definition) is 7. The highest BCUT2D eigenvalue weighted by molar-refractivity contribution is 5.63. The minimum Gasteiger partial charge on any atom is -0.450 e. The average Bonchev–Trinajstić information content (AvgIpc) is 2.30. The Hall–Kier alpha value is -2.19. The zero-order chi connectivity index (χ0) is 14.4. The standard InChI is InChI=1S/C8H14O6.CH2O3/c1-3-5-11-7(9)13-14-8(10)12-6-4-2;2-1(3)4/h3-6H2,1-2H3;(H2,2,3,4). The molecule has 0 aromatic heterocycles. The molecule has 0 atom stereocenters. The smallest absolute Gasteiger partial charge is 0.450 e. The van der Waals surface area contributed by atoms with Crippen LogP contribution in [0, 0.1) is 0 Å². The zero-order valence-electron chi connectivity index (χ0n) is 10.1. The first-order valence-corrected chi connectivity index (χ1v) is 5.03. The van der Waals surface area contributed by atoms with Gasteiger partial charge in [-0.05, 0) is 12.8 Å². The van der Waals surface area contributed by atoms with E-state index in [9.17, 15) is 9.59 Å². The van der Waals surface area contributed by atoms with E-state index in [0.29, 0.717) is 12.8 Å². The monoisotopic (exact) mass is 268 g/mol. The molecule has 0 unspecified atom stereocenters. The van der Waals surface area contributed by atoms with Crippen LogP contribution in [-0.2, 0) is 19.2 Å². The van der Waals surface area contributed by atoms with Gasteiger partial charge in [0.15, 0.2) is 0 Å². The van der Waals surface area contributed by atoms with Gasteiger partial charge in [0.2, 0.25) is 0 Å². The van der Waals surface area contributed by atoms with Gasteiger partial charge in [0.25, 0.3) is 0 Å². The molecule has 0 aliphatic rings. The Bertz CT molecular complexity index is 226. The van der Waals surface area contributed by atoms with Crippen LogP contribution >= 0.6 is 0 Å². The van der Waals surface area contributed by atoms with Gasteiger partial charge >= 0.3 is 18.5 Å². The molecule has 18 heavy (non-hydrogen) atoms. The van der Waals surface area contributed by atoms with Gasteiger partial charge in [-0.15, -0.1) is 0 Å². The van der Waals surface area contributed by atoms with Gasteiger partial charge < -0.3 is 19.7 Å². The lowest BCUT2D eigenvalue weighted by Crippen LogP contribution is -2.14. The van der Waals surface area contributed by atoms with Crippen LogP contribution in [0.25, 0.3) is 0 Å². The summed E-state index contributed by atoms with van der Waals surface area (Å²) in [7, 11) is 0. The average molecular weight is 268 g/mol. The molecule has 0 radical (unpaired) electrons. The van der Waals surface area contributed by atoms with Gasteiger partial charge in [-0.25, -0.2) is 4.79 Å². The summed E-state index contributed by atoms with van der Waals surface area (Å²) in [6.07, 6.45) is -2.62. The fourth-order valence-corrected chi connectivity index (χ4v) is 0.487. The Labute approximate surface area is 103 Å². The Balaban J connectivity index is 0. The Morgan fingerprint density at radius 2 is 1.11 bits per heavy atom. The molecule has 0 aliphatic heterocycles. The van der Waals surface area contributed by atoms with Gasteiger partial charge in [-0.2, -0.15) is 19.4 Å². The highest BCUT2D eigenvalue weighted by Crippen LogP contribution is 1.92. The summed E-state index contributed by atoms with van der Waals surface area (Å²) in [6.45, 7) is 4.08. The van der Waals surface area contributed by atoms with Crippen molar-refractivity contribution in [2.45, 2.75) is 26.7 Å². The molecule has 9 nitrogen and oxygen atoms in total. The molecule has 0 spiro atoms. The minimum atomic E-state index is -1.83. The van der Waals surface area contributed by atoms with Crippen LogP contribution in [0.4, 0.5) is 14.4 Å². The molecule has 0 amide bonds. The predicted molar refractivity (Wildman–Crippen MR) is 56.1 cm³/mol. The van der Waals surface area contributed by atoms with Gasteiger partial charge in [0.05, 0.1) is 13.2 Å². The van der Waals surface area contributed by atoms with Gasteiger partial charge in [0.1, 0.15) is 0 Å². The van der Waals surface area contributed by atoms with Crippen molar-refractivity contribution >= 4 is 18.5 Å². The highest BCUT2D eigenvalue weighted by atomic mass is 17.3. The molecule has 0 aromatic carbocycles. The molecule has 2 N–H and O–H groups in total. The van der Waals surface area contributed by atoms with E-state index in [1.165, 1.54) is 0 Å². The number of carboxylic acid groups (broad SMARTS) is 2. The van der Waals surface area contributed by atoms with Crippen molar-refractivity contribution in [1.29, 1.82) is 0 Å². The maximum absolute atomic E-state index is 10.6. The highest BCUT2D eigenvalue weighted by Gasteiger charge is 2.10. The summed E-state index contributed by atoms with van der Waals surface area (Å²) >= 11 is 0. The van der Waals surface area contributed by atoms with Crippen LogP contribution in [0.2, 0.25) is 0 Å². The van der Waals surface area contributed by atoms with Crippen molar-refractivity contribution in [1.82, 2.24) is 0 Å². The maximum atomic E-state index is 10.6. The van der Waals surface area contributed by atoms with Crippen LogP contribution < -0.4 is 0 Å². The SMILES string of the molecule is CCCOC(=O)OOC(=O)OCCC.O=C(O)O. The molecule has 0 heterocycles. The molecule has 0 fully saturated rings. The van der Waals surface area contributed by atoms with Crippen LogP contribution in [0.5, 0.6) is 0 Å². The second-order valence-electron chi connectivity index (χ2n) is 2.65. The molecule has 106 valence electrons. The Morgan fingerprint density at radius 3 is 1.33 bits per heavy atom. The predicted octanol–water partition coefficient (Wildman–Crippen LogP) is 2.25. The number of carbonyl (C=O) groups excluding carboxylic acids is 2. The van der Waals surface area contributed by atoms with E-state index in [4.69, 9.17) is 15.0 Å². The van der Waals surface area contributed by atoms with Gasteiger partial charge in [-0.1, -0.05) is 13.8 Å². The molecule has 0 rings (SSSR count). The quantitative estimate of drug-likeness (QED) is 0.447. The molecule has 0 bridgehead atoms. The lowest BCUT2D eigenvalue weighted by molar-refractivity contribution is -0.217. The second-order valence-corrected chi connectivity index (χ2v) is 2.65. The summed E-state index contributed by atoms with van der Waals surface area (Å²) in [6, 6.07) is 0. The fourth-order valence-electron chi connectivity index (χ4n) is 0.487. The summed E-state index contributed by atoms with van der Waals surface area (Å²) in [4.78, 5) is 37.7. The fraction of sp³-hybridized carbons (Fsp3) is 0.667. The summed E-state index contributed by atoms with van der Waals surface area (Å²) in [5.41, 5.74) is 0. The van der Waals surface area contributed by atoms with E-state index >= 15 is 0 Å². The van der Waals surface area contributed by atoms with Crippen LogP contribution in [0.15, 0.2) is 0 Å². The first-order valence-electron chi connectivity index (χ1n) is 5.03. The summed E-state index contributed by atoms with van der Waals surface area (Å²) < 4.78 is 8.90. The third kappa shape index (κ3) is 19.4. The summed E-state index contributed by atoms with van der Waals surface area (Å²) in [5.74, 6) is 0. The second kappa shape index (κ2) is 12.9. The van der Waals surface area contributed by atoms with E-state index in [-0.39, 0.29) is 13.2 Å². The van der Waals surface area contributed by atoms with Crippen molar-refractivity contribution in [2.75, 3.05) is 13.2 Å². The van der Waals surface area contributed by atoms with Crippen molar-refractivity contribution in [3.05, 3.63) is 0 Å². The van der Waals surface area contributed by atoms with E-state index < -0.39 is 18.5 Å². The van der Waals surface area contributed by atoms with Crippen LogP contribution in [0.1, 0.15) is 26.7 Å². The van der Waals surface area contributed by atoms with Crippen molar-refractivity contribution in [3.63, 3.8) is 0 Å². The third-order valence-electron chi connectivity index (χ3n) is 1.03. The molecule has 9 heteroatoms. The topological polar surface area (TPSA) is 129 Å². The number of ether oxygens (including phenoxy) is 2.